The van der Waals surface area contributed by atoms with E-state index in [1.807, 2.05) is 5.51 Å². The van der Waals surface area contributed by atoms with Crippen LogP contribution < -0.4 is 5.32 Å². The number of aromatic nitrogens is 1. The van der Waals surface area contributed by atoms with Crippen LogP contribution in [0.1, 0.15) is 30.8 Å². The Balaban J connectivity index is 1.90. The molecule has 0 spiro atoms. The highest BCUT2D eigenvalue weighted by Gasteiger charge is 2.00. The standard InChI is InChI=1S/C13H24N2OS/c1-11(2)9-16-8-4-6-14-7-5-13-12(3)15-10-17-13/h10-11,14H,4-9H2,1-3H3. The number of hydrogen-bond acceptors (Lipinski definition) is 4. The average molecular weight is 256 g/mol. The largest absolute Gasteiger partial charge is 0.381 e. The summed E-state index contributed by atoms with van der Waals surface area (Å²) >= 11 is 1.75. The Morgan fingerprint density at radius 3 is 2.88 bits per heavy atom. The van der Waals surface area contributed by atoms with Crippen LogP contribution in [0.4, 0.5) is 0 Å². The average Bonchev–Trinajstić information content (AvgIpc) is 2.68. The fourth-order valence-corrected chi connectivity index (χ4v) is 2.29. The van der Waals surface area contributed by atoms with E-state index in [0.717, 1.165) is 39.1 Å². The third-order valence-corrected chi connectivity index (χ3v) is 3.46. The van der Waals surface area contributed by atoms with E-state index in [-0.39, 0.29) is 0 Å². The van der Waals surface area contributed by atoms with Gasteiger partial charge in [0.1, 0.15) is 0 Å². The van der Waals surface area contributed by atoms with Crippen LogP contribution in [0.5, 0.6) is 0 Å². The minimum Gasteiger partial charge on any atom is -0.381 e. The SMILES string of the molecule is Cc1ncsc1CCNCCCOCC(C)C. The van der Waals surface area contributed by atoms with E-state index in [4.69, 9.17) is 4.74 Å². The zero-order chi connectivity index (χ0) is 12.5. The molecule has 0 aromatic carbocycles. The summed E-state index contributed by atoms with van der Waals surface area (Å²) in [6.07, 6.45) is 2.18. The molecule has 1 aromatic rings. The Kier molecular flexibility index (Phi) is 7.40. The lowest BCUT2D eigenvalue weighted by Crippen LogP contribution is -2.20. The predicted octanol–water partition coefficient (Wildman–Crippen LogP) is 2.65. The number of aryl methyl sites for hydroxylation is 1. The summed E-state index contributed by atoms with van der Waals surface area (Å²) < 4.78 is 5.52. The maximum absolute atomic E-state index is 5.52. The van der Waals surface area contributed by atoms with Gasteiger partial charge in [0, 0.05) is 24.6 Å². The molecular formula is C13H24N2OS. The van der Waals surface area contributed by atoms with E-state index in [0.29, 0.717) is 5.92 Å². The molecule has 0 bridgehead atoms. The van der Waals surface area contributed by atoms with Crippen molar-refractivity contribution < 1.29 is 4.74 Å². The third kappa shape index (κ3) is 6.76. The first kappa shape index (κ1) is 14.6. The zero-order valence-corrected chi connectivity index (χ0v) is 12.0. The maximum atomic E-state index is 5.52. The summed E-state index contributed by atoms with van der Waals surface area (Å²) in [7, 11) is 0. The van der Waals surface area contributed by atoms with Crippen LogP contribution in [0.3, 0.4) is 0 Å². The molecule has 0 aliphatic carbocycles. The topological polar surface area (TPSA) is 34.2 Å². The lowest BCUT2D eigenvalue weighted by Gasteiger charge is -2.07. The Labute approximate surface area is 109 Å². The minimum atomic E-state index is 0.636. The molecular weight excluding hydrogens is 232 g/mol. The molecule has 4 heteroatoms. The number of nitrogens with zero attached hydrogens (tertiary/aromatic N) is 1. The third-order valence-electron chi connectivity index (χ3n) is 2.47. The minimum absolute atomic E-state index is 0.636. The lowest BCUT2D eigenvalue weighted by atomic mass is 10.2. The van der Waals surface area contributed by atoms with Gasteiger partial charge in [-0.05, 0) is 32.2 Å². The summed E-state index contributed by atoms with van der Waals surface area (Å²) in [6, 6.07) is 0. The van der Waals surface area contributed by atoms with Crippen LogP contribution in [0, 0.1) is 12.8 Å². The highest BCUT2D eigenvalue weighted by molar-refractivity contribution is 7.09. The van der Waals surface area contributed by atoms with Crippen LogP contribution in [-0.4, -0.2) is 31.3 Å². The molecule has 1 heterocycles. The number of nitrogens with one attached hydrogen (secondary N) is 1. The van der Waals surface area contributed by atoms with Crippen molar-refractivity contribution in [2.75, 3.05) is 26.3 Å². The molecule has 0 aliphatic rings. The van der Waals surface area contributed by atoms with Crippen molar-refractivity contribution >= 4 is 11.3 Å². The van der Waals surface area contributed by atoms with Crippen LogP contribution >= 0.6 is 11.3 Å². The molecule has 0 aliphatic heterocycles. The predicted molar refractivity (Wildman–Crippen MR) is 73.7 cm³/mol. The number of thiazole rings is 1. The van der Waals surface area contributed by atoms with E-state index in [1.54, 1.807) is 11.3 Å². The van der Waals surface area contributed by atoms with E-state index in [1.165, 1.54) is 10.6 Å². The van der Waals surface area contributed by atoms with Gasteiger partial charge in [0.2, 0.25) is 0 Å². The first-order valence-electron chi connectivity index (χ1n) is 6.37. The zero-order valence-electron chi connectivity index (χ0n) is 11.2. The Morgan fingerprint density at radius 2 is 2.24 bits per heavy atom. The van der Waals surface area contributed by atoms with Gasteiger partial charge in [-0.1, -0.05) is 13.8 Å². The second-order valence-electron chi connectivity index (χ2n) is 4.68. The maximum Gasteiger partial charge on any atom is 0.0797 e. The number of hydrogen-bond donors (Lipinski definition) is 1. The van der Waals surface area contributed by atoms with Crippen molar-refractivity contribution in [3.8, 4) is 0 Å². The van der Waals surface area contributed by atoms with Crippen LogP contribution in [0.15, 0.2) is 5.51 Å². The molecule has 0 atom stereocenters. The highest BCUT2D eigenvalue weighted by Crippen LogP contribution is 2.11. The Hall–Kier alpha value is -0.450. The van der Waals surface area contributed by atoms with Gasteiger partial charge >= 0.3 is 0 Å². The Bertz CT molecular complexity index is 299. The van der Waals surface area contributed by atoms with Gasteiger partial charge in [-0.15, -0.1) is 11.3 Å². The van der Waals surface area contributed by atoms with E-state index in [9.17, 15) is 0 Å². The molecule has 17 heavy (non-hydrogen) atoms. The quantitative estimate of drug-likeness (QED) is 0.690. The van der Waals surface area contributed by atoms with Gasteiger partial charge in [0.25, 0.3) is 0 Å². The first-order chi connectivity index (χ1) is 8.20. The molecule has 1 aromatic heterocycles. The molecule has 0 saturated heterocycles. The molecule has 0 amide bonds. The molecule has 1 N–H and O–H groups in total. The monoisotopic (exact) mass is 256 g/mol. The molecule has 3 nitrogen and oxygen atoms in total. The normalized spacial score (nSPS) is 11.3. The van der Waals surface area contributed by atoms with Crippen LogP contribution in [0.25, 0.3) is 0 Å². The summed E-state index contributed by atoms with van der Waals surface area (Å²) in [4.78, 5) is 5.64. The van der Waals surface area contributed by atoms with Crippen molar-refractivity contribution in [3.05, 3.63) is 16.1 Å². The van der Waals surface area contributed by atoms with Crippen molar-refractivity contribution in [1.82, 2.24) is 10.3 Å². The fraction of sp³-hybridized carbons (Fsp3) is 0.769. The summed E-state index contributed by atoms with van der Waals surface area (Å²) in [5, 5.41) is 3.44. The molecule has 0 radical (unpaired) electrons. The molecule has 0 fully saturated rings. The lowest BCUT2D eigenvalue weighted by molar-refractivity contribution is 0.108. The first-order valence-corrected chi connectivity index (χ1v) is 7.25. The van der Waals surface area contributed by atoms with Gasteiger partial charge in [-0.3, -0.25) is 0 Å². The second-order valence-corrected chi connectivity index (χ2v) is 5.62. The molecule has 0 saturated carbocycles. The van der Waals surface area contributed by atoms with Crippen LogP contribution in [0.2, 0.25) is 0 Å². The number of ether oxygens (including phenoxy) is 1. The second kappa shape index (κ2) is 8.61. The summed E-state index contributed by atoms with van der Waals surface area (Å²) in [5.41, 5.74) is 3.10. The highest BCUT2D eigenvalue weighted by atomic mass is 32.1. The summed E-state index contributed by atoms with van der Waals surface area (Å²) in [5.74, 6) is 0.636. The van der Waals surface area contributed by atoms with E-state index < -0.39 is 0 Å². The van der Waals surface area contributed by atoms with Gasteiger partial charge < -0.3 is 10.1 Å². The van der Waals surface area contributed by atoms with Gasteiger partial charge in [0.05, 0.1) is 11.2 Å². The van der Waals surface area contributed by atoms with Gasteiger partial charge in [-0.25, -0.2) is 4.98 Å². The van der Waals surface area contributed by atoms with Gasteiger partial charge in [-0.2, -0.15) is 0 Å². The van der Waals surface area contributed by atoms with Crippen LogP contribution in [-0.2, 0) is 11.2 Å². The van der Waals surface area contributed by atoms with E-state index >= 15 is 0 Å². The number of rotatable bonds is 9. The molecule has 98 valence electrons. The van der Waals surface area contributed by atoms with Crippen molar-refractivity contribution in [3.63, 3.8) is 0 Å². The van der Waals surface area contributed by atoms with Crippen molar-refractivity contribution in [2.24, 2.45) is 5.92 Å². The molecule has 1 rings (SSSR count). The Morgan fingerprint density at radius 1 is 1.41 bits per heavy atom. The van der Waals surface area contributed by atoms with E-state index in [2.05, 4.69) is 31.1 Å². The summed E-state index contributed by atoms with van der Waals surface area (Å²) in [6.45, 7) is 10.2. The van der Waals surface area contributed by atoms with Crippen molar-refractivity contribution in [1.29, 1.82) is 0 Å². The van der Waals surface area contributed by atoms with Gasteiger partial charge in [0.15, 0.2) is 0 Å². The van der Waals surface area contributed by atoms with Crippen molar-refractivity contribution in [2.45, 2.75) is 33.6 Å². The fourth-order valence-electron chi connectivity index (χ4n) is 1.51. The molecule has 0 unspecified atom stereocenters. The smallest absolute Gasteiger partial charge is 0.0797 e.